The quantitative estimate of drug-likeness (QED) is 0.134. The van der Waals surface area contributed by atoms with Crippen LogP contribution in [0.2, 0.25) is 5.02 Å². The third-order valence-corrected chi connectivity index (χ3v) is 6.64. The third kappa shape index (κ3) is 8.33. The Morgan fingerprint density at radius 2 is 1.77 bits per heavy atom. The van der Waals surface area contributed by atoms with Crippen molar-refractivity contribution in [2.24, 2.45) is 0 Å². The summed E-state index contributed by atoms with van der Waals surface area (Å²) in [4.78, 5) is 36.7. The standard InChI is InChI=1S/C27H29ClN4O6S/c1-5-10-32-23(7-6-11-38-22-9-8-20(28)12-17(22)2)30-31-27(32)39-16-24(33)29-21-14-18(25(34)36-3)13-19(15-21)26(35)37-4/h5,8-9,12-15H,1,6-7,10-11,16H2,2-4H3,(H,29,33). The number of methoxy groups -OCH3 is 2. The molecule has 1 N–H and O–H groups in total. The van der Waals surface area contributed by atoms with E-state index in [2.05, 4.69) is 22.1 Å². The topological polar surface area (TPSA) is 122 Å². The summed E-state index contributed by atoms with van der Waals surface area (Å²) >= 11 is 7.20. The number of hydrogen-bond donors (Lipinski definition) is 1. The molecule has 1 aromatic heterocycles. The lowest BCUT2D eigenvalue weighted by atomic mass is 10.1. The highest BCUT2D eigenvalue weighted by atomic mass is 35.5. The Kier molecular flexibility index (Phi) is 10.9. The van der Waals surface area contributed by atoms with Crippen LogP contribution in [0.25, 0.3) is 0 Å². The van der Waals surface area contributed by atoms with Crippen LogP contribution in [-0.4, -0.2) is 59.2 Å². The molecule has 0 radical (unpaired) electrons. The molecule has 0 aliphatic carbocycles. The zero-order valence-corrected chi connectivity index (χ0v) is 23.4. The van der Waals surface area contributed by atoms with Gasteiger partial charge < -0.3 is 24.1 Å². The van der Waals surface area contributed by atoms with Crippen molar-refractivity contribution in [1.29, 1.82) is 0 Å². The van der Waals surface area contributed by atoms with E-state index in [9.17, 15) is 14.4 Å². The van der Waals surface area contributed by atoms with Crippen LogP contribution in [0, 0.1) is 6.92 Å². The first-order chi connectivity index (χ1) is 18.7. The SMILES string of the molecule is C=CCn1c(CCCOc2ccc(Cl)cc2C)nnc1SCC(=O)Nc1cc(C(=O)OC)cc(C(=O)OC)c1. The number of amides is 1. The van der Waals surface area contributed by atoms with Gasteiger partial charge in [0.25, 0.3) is 0 Å². The van der Waals surface area contributed by atoms with E-state index in [0.29, 0.717) is 36.2 Å². The van der Waals surface area contributed by atoms with Crippen LogP contribution < -0.4 is 10.1 Å². The molecule has 10 nitrogen and oxygen atoms in total. The van der Waals surface area contributed by atoms with E-state index in [1.165, 1.54) is 44.2 Å². The molecule has 0 saturated carbocycles. The number of halogens is 1. The monoisotopic (exact) mass is 572 g/mol. The Morgan fingerprint density at radius 1 is 1.08 bits per heavy atom. The van der Waals surface area contributed by atoms with Gasteiger partial charge in [-0.15, -0.1) is 16.8 Å². The first-order valence-electron chi connectivity index (χ1n) is 11.9. The fraction of sp³-hybridized carbons (Fsp3) is 0.296. The van der Waals surface area contributed by atoms with E-state index in [1.807, 2.05) is 23.6 Å². The summed E-state index contributed by atoms with van der Waals surface area (Å²) in [7, 11) is 2.45. The van der Waals surface area contributed by atoms with Gasteiger partial charge in [0.1, 0.15) is 11.6 Å². The lowest BCUT2D eigenvalue weighted by molar-refractivity contribution is -0.113. The fourth-order valence-electron chi connectivity index (χ4n) is 3.61. The van der Waals surface area contributed by atoms with E-state index >= 15 is 0 Å². The number of nitrogens with one attached hydrogen (secondary N) is 1. The average Bonchev–Trinajstić information content (AvgIpc) is 3.31. The summed E-state index contributed by atoms with van der Waals surface area (Å²) in [6.07, 6.45) is 3.07. The molecule has 12 heteroatoms. The van der Waals surface area contributed by atoms with Crippen LogP contribution in [-0.2, 0) is 27.2 Å². The van der Waals surface area contributed by atoms with Gasteiger partial charge in [-0.1, -0.05) is 29.4 Å². The van der Waals surface area contributed by atoms with Crippen molar-refractivity contribution >= 4 is 46.9 Å². The largest absolute Gasteiger partial charge is 0.493 e. The summed E-state index contributed by atoms with van der Waals surface area (Å²) in [5, 5.41) is 12.5. The van der Waals surface area contributed by atoms with Crippen molar-refractivity contribution in [3.8, 4) is 5.75 Å². The minimum atomic E-state index is -0.649. The van der Waals surface area contributed by atoms with Crippen LogP contribution in [0.5, 0.6) is 5.75 Å². The van der Waals surface area contributed by atoms with Crippen molar-refractivity contribution in [1.82, 2.24) is 14.8 Å². The molecule has 0 aliphatic heterocycles. The first-order valence-corrected chi connectivity index (χ1v) is 13.3. The van der Waals surface area contributed by atoms with E-state index in [0.717, 1.165) is 17.1 Å². The lowest BCUT2D eigenvalue weighted by Gasteiger charge is -2.11. The number of allylic oxidation sites excluding steroid dienone is 1. The molecular formula is C27H29ClN4O6S. The van der Waals surface area contributed by atoms with Crippen LogP contribution in [0.15, 0.2) is 54.2 Å². The summed E-state index contributed by atoms with van der Waals surface area (Å²) in [5.74, 6) is -0.106. The number of benzene rings is 2. The first kappa shape index (κ1) is 29.7. The van der Waals surface area contributed by atoms with Gasteiger partial charge in [0.15, 0.2) is 5.16 Å². The van der Waals surface area contributed by atoms with Crippen LogP contribution in [0.1, 0.15) is 38.5 Å². The molecule has 3 aromatic rings. The highest BCUT2D eigenvalue weighted by molar-refractivity contribution is 7.99. The number of aryl methyl sites for hydroxylation is 2. The highest BCUT2D eigenvalue weighted by Gasteiger charge is 2.17. The minimum absolute atomic E-state index is 0.0181. The molecule has 1 heterocycles. The van der Waals surface area contributed by atoms with Crippen LogP contribution in [0.4, 0.5) is 5.69 Å². The van der Waals surface area contributed by atoms with Crippen molar-refractivity contribution in [3.63, 3.8) is 0 Å². The number of ether oxygens (including phenoxy) is 3. The van der Waals surface area contributed by atoms with Crippen molar-refractivity contribution < 1.29 is 28.6 Å². The zero-order valence-electron chi connectivity index (χ0n) is 21.9. The van der Waals surface area contributed by atoms with Crippen LogP contribution in [0.3, 0.4) is 0 Å². The number of carbonyl (C=O) groups is 3. The van der Waals surface area contributed by atoms with E-state index in [1.54, 1.807) is 12.1 Å². The number of nitrogens with zero attached hydrogens (tertiary/aromatic N) is 3. The van der Waals surface area contributed by atoms with E-state index in [4.69, 9.17) is 25.8 Å². The van der Waals surface area contributed by atoms with E-state index in [-0.39, 0.29) is 28.5 Å². The predicted octanol–water partition coefficient (Wildman–Crippen LogP) is 4.74. The smallest absolute Gasteiger partial charge is 0.337 e. The number of thioether (sulfide) groups is 1. The maximum atomic E-state index is 12.7. The summed E-state index contributed by atoms with van der Waals surface area (Å²) < 4.78 is 17.2. The van der Waals surface area contributed by atoms with Gasteiger partial charge in [0.05, 0.1) is 37.7 Å². The van der Waals surface area contributed by atoms with Gasteiger partial charge in [-0.05, 0) is 55.3 Å². The normalized spacial score (nSPS) is 10.6. The molecule has 0 unspecified atom stereocenters. The number of esters is 2. The molecule has 206 valence electrons. The molecule has 0 bridgehead atoms. The molecule has 0 fully saturated rings. The van der Waals surface area contributed by atoms with Gasteiger partial charge in [-0.3, -0.25) is 4.79 Å². The Labute approximate surface area is 235 Å². The van der Waals surface area contributed by atoms with Gasteiger partial charge in [0.2, 0.25) is 5.91 Å². The maximum absolute atomic E-state index is 12.7. The predicted molar refractivity (Wildman–Crippen MR) is 149 cm³/mol. The van der Waals surface area contributed by atoms with Gasteiger partial charge >= 0.3 is 11.9 Å². The van der Waals surface area contributed by atoms with Gasteiger partial charge in [-0.2, -0.15) is 0 Å². The molecule has 0 aliphatic rings. The summed E-state index contributed by atoms with van der Waals surface area (Å²) in [5.41, 5.74) is 1.43. The summed E-state index contributed by atoms with van der Waals surface area (Å²) in [6, 6.07) is 9.67. The molecule has 0 atom stereocenters. The minimum Gasteiger partial charge on any atom is -0.493 e. The number of rotatable bonds is 13. The van der Waals surface area contributed by atoms with Crippen molar-refractivity contribution in [2.45, 2.75) is 31.5 Å². The van der Waals surface area contributed by atoms with Gasteiger partial charge in [0, 0.05) is 23.7 Å². The molecule has 1 amide bonds. The number of anilines is 1. The molecule has 3 rings (SSSR count). The molecule has 2 aromatic carbocycles. The lowest BCUT2D eigenvalue weighted by Crippen LogP contribution is -2.16. The molecule has 0 saturated heterocycles. The Morgan fingerprint density at radius 3 is 2.38 bits per heavy atom. The molecule has 39 heavy (non-hydrogen) atoms. The third-order valence-electron chi connectivity index (χ3n) is 5.44. The fourth-order valence-corrected chi connectivity index (χ4v) is 4.60. The number of carbonyl (C=O) groups excluding carboxylic acids is 3. The Hall–Kier alpha value is -3.83. The molecular weight excluding hydrogens is 544 g/mol. The second-order valence-corrected chi connectivity index (χ2v) is 9.66. The second kappa shape index (κ2) is 14.4. The van der Waals surface area contributed by atoms with Crippen LogP contribution >= 0.6 is 23.4 Å². The summed E-state index contributed by atoms with van der Waals surface area (Å²) in [6.45, 7) is 6.72. The number of hydrogen-bond acceptors (Lipinski definition) is 9. The van der Waals surface area contributed by atoms with Crippen molar-refractivity contribution in [2.75, 3.05) is 31.9 Å². The Bertz CT molecular complexity index is 1330. The second-order valence-electron chi connectivity index (χ2n) is 8.28. The molecule has 0 spiro atoms. The maximum Gasteiger partial charge on any atom is 0.337 e. The van der Waals surface area contributed by atoms with E-state index < -0.39 is 11.9 Å². The van der Waals surface area contributed by atoms with Gasteiger partial charge in [-0.25, -0.2) is 9.59 Å². The number of aromatic nitrogens is 3. The average molecular weight is 573 g/mol. The van der Waals surface area contributed by atoms with Crippen molar-refractivity contribution in [3.05, 3.63) is 76.6 Å². The Balaban J connectivity index is 1.60. The highest BCUT2D eigenvalue weighted by Crippen LogP contribution is 2.23. The zero-order chi connectivity index (χ0) is 28.4.